The Labute approximate surface area is 169 Å². The van der Waals surface area contributed by atoms with E-state index in [0.29, 0.717) is 11.4 Å². The van der Waals surface area contributed by atoms with Gasteiger partial charge in [0.15, 0.2) is 24.1 Å². The smallest absolute Gasteiger partial charge is 0.296 e. The van der Waals surface area contributed by atoms with Gasteiger partial charge in [-0.15, -0.1) is 0 Å². The average molecular weight is 415 g/mol. The first-order valence-corrected chi connectivity index (χ1v) is 8.75. The Balaban J connectivity index is 1.99. The van der Waals surface area contributed by atoms with E-state index >= 15 is 0 Å². The Morgan fingerprint density at radius 2 is 1.87 bits per heavy atom. The minimum atomic E-state index is -1.57. The molecule has 0 fully saturated rings. The van der Waals surface area contributed by atoms with E-state index < -0.39 is 23.0 Å². The molecular formula is C20H16F3N5O2. The molecule has 0 spiro atoms. The van der Waals surface area contributed by atoms with Crippen LogP contribution >= 0.6 is 0 Å². The van der Waals surface area contributed by atoms with Gasteiger partial charge in [0.2, 0.25) is 5.95 Å². The number of ether oxygens (including phenoxy) is 1. The van der Waals surface area contributed by atoms with E-state index in [4.69, 9.17) is 10.00 Å². The molecule has 2 aromatic carbocycles. The van der Waals surface area contributed by atoms with Crippen molar-refractivity contribution in [3.05, 3.63) is 75.0 Å². The van der Waals surface area contributed by atoms with Gasteiger partial charge in [0.25, 0.3) is 5.56 Å². The van der Waals surface area contributed by atoms with Gasteiger partial charge in [-0.2, -0.15) is 15.3 Å². The topological polar surface area (TPSA) is 92.8 Å². The van der Waals surface area contributed by atoms with Gasteiger partial charge in [-0.05, 0) is 43.2 Å². The Kier molecular flexibility index (Phi) is 6.01. The summed E-state index contributed by atoms with van der Waals surface area (Å²) >= 11 is 0. The predicted molar refractivity (Wildman–Crippen MR) is 102 cm³/mol. The normalized spacial score (nSPS) is 10.5. The fraction of sp³-hybridized carbons (Fsp3) is 0.200. The third-order valence-corrected chi connectivity index (χ3v) is 4.17. The van der Waals surface area contributed by atoms with Crippen LogP contribution in [0.3, 0.4) is 0 Å². The van der Waals surface area contributed by atoms with Crippen molar-refractivity contribution in [3.8, 4) is 11.8 Å². The molecule has 0 saturated heterocycles. The molecule has 30 heavy (non-hydrogen) atoms. The number of aromatic nitrogens is 3. The number of hydrogen-bond acceptors (Lipinski definition) is 6. The van der Waals surface area contributed by atoms with Crippen molar-refractivity contribution in [2.24, 2.45) is 0 Å². The van der Waals surface area contributed by atoms with Crippen LogP contribution in [-0.2, 0) is 6.54 Å². The second-order valence-electron chi connectivity index (χ2n) is 6.41. The molecule has 7 nitrogen and oxygen atoms in total. The molecule has 0 aliphatic heterocycles. The quantitative estimate of drug-likeness (QED) is 0.621. The van der Waals surface area contributed by atoms with Gasteiger partial charge in [0, 0.05) is 11.8 Å². The maximum absolute atomic E-state index is 13.6. The first kappa shape index (κ1) is 20.9. The highest BCUT2D eigenvalue weighted by Crippen LogP contribution is 2.25. The summed E-state index contributed by atoms with van der Waals surface area (Å²) in [7, 11) is 0. The number of anilines is 2. The molecule has 0 atom stereocenters. The van der Waals surface area contributed by atoms with E-state index in [9.17, 15) is 18.0 Å². The van der Waals surface area contributed by atoms with Gasteiger partial charge < -0.3 is 10.1 Å². The van der Waals surface area contributed by atoms with E-state index in [0.717, 1.165) is 17.7 Å². The lowest BCUT2D eigenvalue weighted by Crippen LogP contribution is -2.23. The number of nitriles is 1. The van der Waals surface area contributed by atoms with Gasteiger partial charge in [0.05, 0.1) is 6.54 Å². The molecule has 0 saturated carbocycles. The van der Waals surface area contributed by atoms with Crippen LogP contribution in [-0.4, -0.2) is 21.4 Å². The van der Waals surface area contributed by atoms with E-state index in [2.05, 4.69) is 15.4 Å². The second kappa shape index (κ2) is 8.65. The van der Waals surface area contributed by atoms with Crippen molar-refractivity contribution in [1.29, 1.82) is 5.26 Å². The molecule has 1 heterocycles. The first-order chi connectivity index (χ1) is 14.3. The Morgan fingerprint density at radius 3 is 2.53 bits per heavy atom. The van der Waals surface area contributed by atoms with Crippen LogP contribution in [0.5, 0.6) is 5.75 Å². The number of benzene rings is 2. The summed E-state index contributed by atoms with van der Waals surface area (Å²) in [6.45, 7) is 2.93. The third kappa shape index (κ3) is 4.57. The fourth-order valence-corrected chi connectivity index (χ4v) is 2.64. The van der Waals surface area contributed by atoms with Gasteiger partial charge in [-0.3, -0.25) is 4.79 Å². The summed E-state index contributed by atoms with van der Waals surface area (Å²) in [5.41, 5.74) is 0.883. The van der Waals surface area contributed by atoms with Crippen LogP contribution in [0.1, 0.15) is 16.8 Å². The zero-order valence-electron chi connectivity index (χ0n) is 16.0. The summed E-state index contributed by atoms with van der Waals surface area (Å²) in [5.74, 6) is -3.80. The average Bonchev–Trinajstić information content (AvgIpc) is 2.70. The minimum absolute atomic E-state index is 0.0104. The molecule has 0 amide bonds. The number of nitrogens with zero attached hydrogens (tertiary/aromatic N) is 4. The van der Waals surface area contributed by atoms with Crippen molar-refractivity contribution in [3.63, 3.8) is 0 Å². The minimum Gasteiger partial charge on any atom is -0.479 e. The van der Waals surface area contributed by atoms with E-state index in [1.165, 1.54) is 11.6 Å². The number of nitrogens with one attached hydrogen (secondary N) is 1. The van der Waals surface area contributed by atoms with Crippen LogP contribution in [0, 0.1) is 42.6 Å². The standard InChI is InChI=1S/C20H16F3N5O2/c1-11-3-4-14(30-6-5-24)9-17(11)25-20-26-19(29)12(2)27-28(20)10-13-7-15(21)18(23)16(22)8-13/h3-4,7-9H,6,10H2,1-2H3,(H,25,26,29). The summed E-state index contributed by atoms with van der Waals surface area (Å²) in [4.78, 5) is 16.0. The summed E-state index contributed by atoms with van der Waals surface area (Å²) in [6.07, 6.45) is 0. The molecule has 0 unspecified atom stereocenters. The Bertz CT molecular complexity index is 1180. The van der Waals surface area contributed by atoms with Crippen molar-refractivity contribution < 1.29 is 17.9 Å². The molecule has 0 aliphatic carbocycles. The highest BCUT2D eigenvalue weighted by Gasteiger charge is 2.14. The molecule has 154 valence electrons. The molecule has 0 bridgehead atoms. The lowest BCUT2D eigenvalue weighted by Gasteiger charge is -2.16. The predicted octanol–water partition coefficient (Wildman–Crippen LogP) is 3.37. The van der Waals surface area contributed by atoms with E-state index in [1.807, 2.05) is 6.07 Å². The lowest BCUT2D eigenvalue weighted by atomic mass is 10.2. The largest absolute Gasteiger partial charge is 0.479 e. The zero-order valence-corrected chi connectivity index (χ0v) is 16.0. The van der Waals surface area contributed by atoms with Crippen LogP contribution in [0.25, 0.3) is 0 Å². The molecule has 0 aliphatic rings. The molecule has 3 rings (SSSR count). The maximum Gasteiger partial charge on any atom is 0.296 e. The Hall–Kier alpha value is -3.87. The van der Waals surface area contributed by atoms with Crippen molar-refractivity contribution in [2.45, 2.75) is 20.4 Å². The number of rotatable bonds is 6. The highest BCUT2D eigenvalue weighted by molar-refractivity contribution is 5.60. The van der Waals surface area contributed by atoms with Crippen LogP contribution in [0.4, 0.5) is 24.8 Å². The summed E-state index contributed by atoms with van der Waals surface area (Å²) < 4.78 is 46.9. The SMILES string of the molecule is Cc1ccc(OCC#N)cc1Nc1nc(=O)c(C)nn1Cc1cc(F)c(F)c(F)c1. The van der Waals surface area contributed by atoms with Crippen LogP contribution < -0.4 is 15.6 Å². The van der Waals surface area contributed by atoms with Gasteiger partial charge in [-0.1, -0.05) is 6.07 Å². The van der Waals surface area contributed by atoms with Gasteiger partial charge in [0.1, 0.15) is 17.5 Å². The van der Waals surface area contributed by atoms with Crippen molar-refractivity contribution >= 4 is 11.6 Å². The fourth-order valence-electron chi connectivity index (χ4n) is 2.64. The summed E-state index contributed by atoms with van der Waals surface area (Å²) in [6, 6.07) is 8.58. The third-order valence-electron chi connectivity index (χ3n) is 4.17. The van der Waals surface area contributed by atoms with Crippen molar-refractivity contribution in [2.75, 3.05) is 11.9 Å². The van der Waals surface area contributed by atoms with Gasteiger partial charge >= 0.3 is 0 Å². The molecule has 10 heteroatoms. The van der Waals surface area contributed by atoms with Crippen LogP contribution in [0.15, 0.2) is 35.1 Å². The molecule has 1 aromatic heterocycles. The van der Waals surface area contributed by atoms with Crippen molar-refractivity contribution in [1.82, 2.24) is 14.8 Å². The molecule has 3 aromatic rings. The summed E-state index contributed by atoms with van der Waals surface area (Å²) in [5, 5.41) is 15.7. The van der Waals surface area contributed by atoms with E-state index in [-0.39, 0.29) is 30.4 Å². The molecule has 0 radical (unpaired) electrons. The van der Waals surface area contributed by atoms with E-state index in [1.54, 1.807) is 25.1 Å². The first-order valence-electron chi connectivity index (χ1n) is 8.75. The monoisotopic (exact) mass is 415 g/mol. The Morgan fingerprint density at radius 1 is 1.17 bits per heavy atom. The van der Waals surface area contributed by atoms with Gasteiger partial charge in [-0.25, -0.2) is 17.9 Å². The number of hydrogen-bond donors (Lipinski definition) is 1. The maximum atomic E-state index is 13.6. The second-order valence-corrected chi connectivity index (χ2v) is 6.41. The lowest BCUT2D eigenvalue weighted by molar-refractivity contribution is 0.368. The zero-order chi connectivity index (χ0) is 21.8. The molecular weight excluding hydrogens is 399 g/mol. The number of halogens is 3. The van der Waals surface area contributed by atoms with Crippen LogP contribution in [0.2, 0.25) is 0 Å². The molecule has 1 N–H and O–H groups in total. The number of aryl methyl sites for hydroxylation is 2. The highest BCUT2D eigenvalue weighted by atomic mass is 19.2.